The highest BCUT2D eigenvalue weighted by molar-refractivity contribution is 6.21. The number of nitrogens with zero attached hydrogens (tertiary/aromatic N) is 1. The normalized spacial score (nSPS) is 11.8. The first-order chi connectivity index (χ1) is 31.2. The molecule has 0 amide bonds. The van der Waals surface area contributed by atoms with Crippen LogP contribution in [0.5, 0.6) is 0 Å². The summed E-state index contributed by atoms with van der Waals surface area (Å²) in [5.74, 6) is 0. The predicted octanol–water partition coefficient (Wildman–Crippen LogP) is 17.4. The molecule has 11 aromatic carbocycles. The summed E-state index contributed by atoms with van der Waals surface area (Å²) in [7, 11) is 0. The maximum absolute atomic E-state index is 6.78. The summed E-state index contributed by atoms with van der Waals surface area (Å²) in [6, 6.07) is 80.5. The molecule has 0 atom stereocenters. The molecule has 0 N–H and O–H groups in total. The van der Waals surface area contributed by atoms with Gasteiger partial charge in [-0.1, -0.05) is 170 Å². The number of hydrogen-bond donors (Lipinski definition) is 0. The maximum Gasteiger partial charge on any atom is 0.143 e. The average Bonchev–Trinajstić information content (AvgIpc) is 3.92. The molecule has 13 aromatic rings. The number of hydrogen-bond acceptors (Lipinski definition) is 3. The average molecular weight is 804 g/mol. The van der Waals surface area contributed by atoms with Crippen LogP contribution >= 0.6 is 0 Å². The molecule has 13 rings (SSSR count). The Labute approximate surface area is 363 Å². The SMILES string of the molecule is c1ccc(N(c2ccc(-c3ccc(-c4cccc5ccccc45)cc3)cc2)c2cccc3oc4c5ccccc5ccc4c23)c(-c2cccc3oc4cc5ccccc5cc4c23)c1. The van der Waals surface area contributed by atoms with Gasteiger partial charge in [0.15, 0.2) is 0 Å². The van der Waals surface area contributed by atoms with Gasteiger partial charge in [0.05, 0.1) is 16.8 Å². The van der Waals surface area contributed by atoms with Gasteiger partial charge in [0.2, 0.25) is 0 Å². The Bertz CT molecular complexity index is 3910. The zero-order chi connectivity index (χ0) is 41.4. The van der Waals surface area contributed by atoms with Crippen molar-refractivity contribution in [2.45, 2.75) is 0 Å². The van der Waals surface area contributed by atoms with Crippen LogP contribution in [0, 0.1) is 0 Å². The molecule has 0 unspecified atom stereocenters. The monoisotopic (exact) mass is 803 g/mol. The molecule has 3 heteroatoms. The van der Waals surface area contributed by atoms with E-state index in [1.54, 1.807) is 0 Å². The number of fused-ring (bicyclic) bond motifs is 10. The Hall–Kier alpha value is -8.40. The molecular formula is C60H37NO2. The van der Waals surface area contributed by atoms with E-state index in [9.17, 15) is 0 Å². The van der Waals surface area contributed by atoms with E-state index in [4.69, 9.17) is 8.83 Å². The second-order valence-electron chi connectivity index (χ2n) is 16.4. The highest BCUT2D eigenvalue weighted by Gasteiger charge is 2.24. The molecule has 2 heterocycles. The van der Waals surface area contributed by atoms with Gasteiger partial charge < -0.3 is 13.7 Å². The zero-order valence-corrected chi connectivity index (χ0v) is 34.1. The van der Waals surface area contributed by atoms with Gasteiger partial charge in [0.25, 0.3) is 0 Å². The molecule has 0 aliphatic carbocycles. The molecule has 0 fully saturated rings. The highest BCUT2D eigenvalue weighted by Crippen LogP contribution is 2.49. The minimum atomic E-state index is 0.846. The van der Waals surface area contributed by atoms with Gasteiger partial charge >= 0.3 is 0 Å². The molecule has 0 saturated carbocycles. The molecule has 0 aliphatic heterocycles. The lowest BCUT2D eigenvalue weighted by atomic mass is 9.95. The summed E-state index contributed by atoms with van der Waals surface area (Å²) < 4.78 is 13.4. The van der Waals surface area contributed by atoms with Crippen LogP contribution in [0.3, 0.4) is 0 Å². The number of anilines is 3. The molecule has 63 heavy (non-hydrogen) atoms. The van der Waals surface area contributed by atoms with Crippen LogP contribution < -0.4 is 4.90 Å². The summed E-state index contributed by atoms with van der Waals surface area (Å²) >= 11 is 0. The predicted molar refractivity (Wildman–Crippen MR) is 265 cm³/mol. The van der Waals surface area contributed by atoms with E-state index in [-0.39, 0.29) is 0 Å². The quantitative estimate of drug-likeness (QED) is 0.168. The van der Waals surface area contributed by atoms with E-state index >= 15 is 0 Å². The summed E-state index contributed by atoms with van der Waals surface area (Å²) in [5.41, 5.74) is 13.6. The molecule has 0 spiro atoms. The van der Waals surface area contributed by atoms with E-state index in [1.165, 1.54) is 32.8 Å². The number of benzene rings is 11. The number of rotatable bonds is 6. The van der Waals surface area contributed by atoms with Gasteiger partial charge in [0, 0.05) is 32.8 Å². The third kappa shape index (κ3) is 5.67. The van der Waals surface area contributed by atoms with Gasteiger partial charge in [-0.15, -0.1) is 0 Å². The lowest BCUT2D eigenvalue weighted by Crippen LogP contribution is -2.11. The third-order valence-electron chi connectivity index (χ3n) is 12.8. The Morgan fingerprint density at radius 2 is 0.841 bits per heavy atom. The first-order valence-electron chi connectivity index (χ1n) is 21.5. The van der Waals surface area contributed by atoms with Crippen LogP contribution in [-0.4, -0.2) is 0 Å². The Kier molecular flexibility index (Phi) is 7.91. The van der Waals surface area contributed by atoms with Crippen LogP contribution in [0.15, 0.2) is 233 Å². The summed E-state index contributed by atoms with van der Waals surface area (Å²) in [6.07, 6.45) is 0. The fraction of sp³-hybridized carbons (Fsp3) is 0. The van der Waals surface area contributed by atoms with Crippen molar-refractivity contribution in [2.24, 2.45) is 0 Å². The minimum absolute atomic E-state index is 0.846. The van der Waals surface area contributed by atoms with Crippen LogP contribution in [0.1, 0.15) is 0 Å². The maximum atomic E-state index is 6.78. The standard InChI is InChI=1S/C60H37NO2/c1-2-15-44-37-57-52(36-43(44)14-1)58-50(21-10-24-55(58)62-57)49-19-7-8-22-53(49)61(54-23-11-25-56-59(54)51-35-32-41-13-4-6-18-48(41)60(51)63-56)45-33-30-39(31-34-45)38-26-28-42(29-27-38)47-20-9-16-40-12-3-5-17-46(40)47/h1-37H. The third-order valence-corrected chi connectivity index (χ3v) is 12.8. The Morgan fingerprint density at radius 3 is 1.65 bits per heavy atom. The molecule has 294 valence electrons. The van der Waals surface area contributed by atoms with E-state index in [0.717, 1.165) is 93.8 Å². The Morgan fingerprint density at radius 1 is 0.286 bits per heavy atom. The second kappa shape index (κ2) is 14.1. The molecule has 0 saturated heterocycles. The van der Waals surface area contributed by atoms with Crippen molar-refractivity contribution in [3.63, 3.8) is 0 Å². The van der Waals surface area contributed by atoms with Crippen LogP contribution in [0.25, 0.3) is 110 Å². The Balaban J connectivity index is 0.999. The molecule has 0 radical (unpaired) electrons. The molecule has 0 aliphatic rings. The highest BCUT2D eigenvalue weighted by atomic mass is 16.3. The van der Waals surface area contributed by atoms with Crippen molar-refractivity contribution in [2.75, 3.05) is 4.90 Å². The minimum Gasteiger partial charge on any atom is -0.456 e. The molecule has 2 aromatic heterocycles. The van der Waals surface area contributed by atoms with Gasteiger partial charge in [-0.3, -0.25) is 0 Å². The van der Waals surface area contributed by atoms with Gasteiger partial charge in [-0.25, -0.2) is 0 Å². The van der Waals surface area contributed by atoms with Crippen molar-refractivity contribution in [1.82, 2.24) is 0 Å². The van der Waals surface area contributed by atoms with Crippen LogP contribution in [-0.2, 0) is 0 Å². The number of para-hydroxylation sites is 1. The smallest absolute Gasteiger partial charge is 0.143 e. The first kappa shape index (κ1) is 35.4. The van der Waals surface area contributed by atoms with Crippen molar-refractivity contribution in [3.8, 4) is 33.4 Å². The van der Waals surface area contributed by atoms with E-state index in [2.05, 4.69) is 229 Å². The topological polar surface area (TPSA) is 29.5 Å². The van der Waals surface area contributed by atoms with E-state index in [1.807, 2.05) is 0 Å². The summed E-state index contributed by atoms with van der Waals surface area (Å²) in [5, 5.41) is 11.5. The lowest BCUT2D eigenvalue weighted by molar-refractivity contribution is 0.669. The van der Waals surface area contributed by atoms with Gasteiger partial charge in [0.1, 0.15) is 22.3 Å². The summed E-state index contributed by atoms with van der Waals surface area (Å²) in [4.78, 5) is 2.41. The van der Waals surface area contributed by atoms with Crippen LogP contribution in [0.2, 0.25) is 0 Å². The number of furan rings is 2. The largest absolute Gasteiger partial charge is 0.456 e. The van der Waals surface area contributed by atoms with Crippen LogP contribution in [0.4, 0.5) is 17.1 Å². The van der Waals surface area contributed by atoms with Gasteiger partial charge in [-0.05, 0) is 109 Å². The summed E-state index contributed by atoms with van der Waals surface area (Å²) in [6.45, 7) is 0. The van der Waals surface area contributed by atoms with Crippen molar-refractivity contribution >= 4 is 93.3 Å². The lowest BCUT2D eigenvalue weighted by Gasteiger charge is -2.29. The molecular weight excluding hydrogens is 767 g/mol. The van der Waals surface area contributed by atoms with Crippen molar-refractivity contribution < 1.29 is 8.83 Å². The van der Waals surface area contributed by atoms with Crippen molar-refractivity contribution in [1.29, 1.82) is 0 Å². The van der Waals surface area contributed by atoms with E-state index in [0.29, 0.717) is 0 Å². The first-order valence-corrected chi connectivity index (χ1v) is 21.5. The van der Waals surface area contributed by atoms with E-state index < -0.39 is 0 Å². The second-order valence-corrected chi connectivity index (χ2v) is 16.4. The molecule has 3 nitrogen and oxygen atoms in total. The fourth-order valence-electron chi connectivity index (χ4n) is 9.88. The fourth-order valence-corrected chi connectivity index (χ4v) is 9.88. The zero-order valence-electron chi connectivity index (χ0n) is 34.1. The molecule has 0 bridgehead atoms. The van der Waals surface area contributed by atoms with Gasteiger partial charge in [-0.2, -0.15) is 0 Å². The van der Waals surface area contributed by atoms with Crippen molar-refractivity contribution in [3.05, 3.63) is 224 Å².